The average molecular weight is 774 g/mol. The third-order valence-electron chi connectivity index (χ3n) is 19.6. The predicted molar refractivity (Wildman–Crippen MR) is 230 cm³/mol. The van der Waals surface area contributed by atoms with Crippen LogP contribution in [0.5, 0.6) is 5.75 Å². The number of allylic oxidation sites excluding steroid dienone is 3. The second-order valence-electron chi connectivity index (χ2n) is 21.2. The summed E-state index contributed by atoms with van der Waals surface area (Å²) in [6.07, 6.45) is 30.9. The lowest BCUT2D eigenvalue weighted by Crippen LogP contribution is -2.73. The Balaban J connectivity index is 0.888. The smallest absolute Gasteiger partial charge is 0.116 e. The summed E-state index contributed by atoms with van der Waals surface area (Å²) < 4.78 is 6.60. The number of fused-ring (bicyclic) bond motifs is 2. The van der Waals surface area contributed by atoms with Gasteiger partial charge in [0.2, 0.25) is 0 Å². The number of phenolic OH excluding ortho intramolecular Hbond substituents is 1. The topological polar surface area (TPSA) is 72.9 Å². The largest absolute Gasteiger partial charge is 0.508 e. The summed E-state index contributed by atoms with van der Waals surface area (Å²) in [7, 11) is 0. The molecule has 57 heavy (non-hydrogen) atoms. The molecule has 8 aliphatic rings. The van der Waals surface area contributed by atoms with Crippen LogP contribution in [0.15, 0.2) is 71.8 Å². The van der Waals surface area contributed by atoms with Crippen LogP contribution in [0.4, 0.5) is 0 Å². The molecule has 0 amide bonds. The van der Waals surface area contributed by atoms with Gasteiger partial charge in [-0.05, 0) is 179 Å². The molecule has 308 valence electrons. The van der Waals surface area contributed by atoms with Crippen LogP contribution in [0.25, 0.3) is 10.8 Å². The van der Waals surface area contributed by atoms with E-state index in [1.807, 2.05) is 23.8 Å². The van der Waals surface area contributed by atoms with E-state index in [1.54, 1.807) is 17.7 Å². The van der Waals surface area contributed by atoms with Crippen molar-refractivity contribution in [3.05, 3.63) is 77.4 Å². The summed E-state index contributed by atoms with van der Waals surface area (Å²) in [6.45, 7) is 13.3. The second-order valence-corrected chi connectivity index (χ2v) is 21.2. The Bertz CT molecular complexity index is 2000. The van der Waals surface area contributed by atoms with Crippen LogP contribution in [0.3, 0.4) is 0 Å². The highest BCUT2D eigenvalue weighted by atomic mass is 16.5. The first-order chi connectivity index (χ1) is 27.5. The lowest BCUT2D eigenvalue weighted by atomic mass is 9.31. The monoisotopic (exact) mass is 774 g/mol. The van der Waals surface area contributed by atoms with E-state index in [-0.39, 0.29) is 22.1 Å². The fourth-order valence-electron chi connectivity index (χ4n) is 17.2. The van der Waals surface area contributed by atoms with Crippen molar-refractivity contribution in [3.63, 3.8) is 0 Å². The summed E-state index contributed by atoms with van der Waals surface area (Å²) in [4.78, 5) is 3.10. The van der Waals surface area contributed by atoms with Gasteiger partial charge in [0.15, 0.2) is 0 Å². The van der Waals surface area contributed by atoms with Gasteiger partial charge < -0.3 is 20.1 Å². The summed E-state index contributed by atoms with van der Waals surface area (Å²) in [5.74, 6) is 3.03. The molecule has 5 nitrogen and oxygen atoms in total. The van der Waals surface area contributed by atoms with Gasteiger partial charge in [0.25, 0.3) is 0 Å². The Kier molecular flexibility index (Phi) is 9.20. The lowest BCUT2D eigenvalue weighted by molar-refractivity contribution is -0.231. The number of benzene rings is 2. The number of rotatable bonds is 13. The van der Waals surface area contributed by atoms with E-state index in [1.165, 1.54) is 83.6 Å². The van der Waals surface area contributed by atoms with Crippen LogP contribution in [-0.2, 0) is 10.3 Å². The third kappa shape index (κ3) is 4.95. The van der Waals surface area contributed by atoms with E-state index in [2.05, 4.69) is 63.0 Å². The Hall–Kier alpha value is -2.44. The molecule has 2 heterocycles. The van der Waals surface area contributed by atoms with Crippen molar-refractivity contribution in [1.29, 1.82) is 0 Å². The highest BCUT2D eigenvalue weighted by molar-refractivity contribution is 5.84. The zero-order valence-corrected chi connectivity index (χ0v) is 35.6. The SMILES string of the molecule is CC[C@](O)(CCCCOCC[C@@H]1CCC[C@]12C[C@@H](C)[C@]13CCC(C)=C1C[C@]21[C@@]2(C=CC[C@@]13C)C=C[C@H]1[C@H](CCCO)CC[C@]13CN32)c1ccc2cc(O)ccc2c1. The first-order valence-electron chi connectivity index (χ1n) is 23.5. The number of phenols is 1. The normalized spacial score (nSPS) is 43.2. The summed E-state index contributed by atoms with van der Waals surface area (Å²) in [5, 5.41) is 33.5. The molecular formula is C52H71NO4. The van der Waals surface area contributed by atoms with E-state index in [9.17, 15) is 15.3 Å². The van der Waals surface area contributed by atoms with Crippen LogP contribution >= 0.6 is 0 Å². The molecule has 2 bridgehead atoms. The Labute approximate surface area is 343 Å². The molecule has 2 aromatic carbocycles. The number of aliphatic hydroxyl groups is 2. The molecule has 1 saturated heterocycles. The molecule has 6 aliphatic carbocycles. The molecule has 4 saturated carbocycles. The maximum absolute atomic E-state index is 11.8. The molecule has 5 fully saturated rings. The van der Waals surface area contributed by atoms with Gasteiger partial charge in [-0.15, -0.1) is 0 Å². The van der Waals surface area contributed by atoms with Crippen molar-refractivity contribution in [2.45, 2.75) is 154 Å². The van der Waals surface area contributed by atoms with Crippen molar-refractivity contribution in [2.75, 3.05) is 26.4 Å². The highest BCUT2D eigenvalue weighted by Gasteiger charge is 2.87. The second kappa shape index (κ2) is 13.5. The fourth-order valence-corrected chi connectivity index (χ4v) is 17.2. The molecule has 3 N–H and O–H groups in total. The van der Waals surface area contributed by atoms with E-state index < -0.39 is 5.60 Å². The Morgan fingerprint density at radius 2 is 1.81 bits per heavy atom. The van der Waals surface area contributed by atoms with Gasteiger partial charge in [-0.1, -0.05) is 80.8 Å². The van der Waals surface area contributed by atoms with Crippen LogP contribution in [0.1, 0.15) is 142 Å². The first-order valence-corrected chi connectivity index (χ1v) is 23.5. The van der Waals surface area contributed by atoms with Gasteiger partial charge in [-0.25, -0.2) is 0 Å². The Morgan fingerprint density at radius 1 is 0.965 bits per heavy atom. The van der Waals surface area contributed by atoms with E-state index in [0.717, 1.165) is 55.2 Å². The quantitative estimate of drug-likeness (QED) is 0.107. The molecule has 2 aliphatic heterocycles. The fraction of sp³-hybridized carbons (Fsp3) is 0.692. The first kappa shape index (κ1) is 38.7. The minimum atomic E-state index is -0.857. The maximum Gasteiger partial charge on any atom is 0.116 e. The number of hydrogen-bond donors (Lipinski definition) is 3. The summed E-state index contributed by atoms with van der Waals surface area (Å²) >= 11 is 0. The minimum absolute atomic E-state index is 0.0144. The summed E-state index contributed by atoms with van der Waals surface area (Å²) in [5.41, 5.74) is 5.10. The molecule has 1 unspecified atom stereocenters. The molecule has 10 rings (SSSR count). The molecule has 0 aromatic heterocycles. The molecule has 2 aromatic rings. The zero-order valence-electron chi connectivity index (χ0n) is 35.6. The van der Waals surface area contributed by atoms with Crippen molar-refractivity contribution in [2.24, 2.45) is 45.3 Å². The van der Waals surface area contributed by atoms with Crippen molar-refractivity contribution in [1.82, 2.24) is 4.90 Å². The van der Waals surface area contributed by atoms with Crippen LogP contribution in [-0.4, -0.2) is 57.7 Å². The third-order valence-corrected chi connectivity index (χ3v) is 19.6. The Morgan fingerprint density at radius 3 is 2.65 bits per heavy atom. The predicted octanol–water partition coefficient (Wildman–Crippen LogP) is 11.2. The standard InChI is InChI=1S/C52H71NO4/c1-5-49(56,42-15-13-40-32-43(55)16-14-39(40)31-42)23-6-7-29-57-30-20-41-12-8-22-47(41)33-37(3)51-27-17-36(2)45(51)34-52(47)46(51,4)21-10-24-50(52)26-19-44-38(11-9-28-54)18-25-48(44)35-53(48)50/h10,13-16,19,24,26,31-32,37-38,41,44,54-56H,5-9,11-12,17-18,20-23,25,27-30,33-35H2,1-4H3/t37-,38-,41+,44+,46-,47+,48+,49+,50-,51-,52-,53?/m1/s1. The maximum atomic E-state index is 11.8. The highest BCUT2D eigenvalue weighted by Crippen LogP contribution is 2.90. The van der Waals surface area contributed by atoms with Crippen LogP contribution < -0.4 is 0 Å². The van der Waals surface area contributed by atoms with Crippen molar-refractivity contribution < 1.29 is 20.1 Å². The summed E-state index contributed by atoms with van der Waals surface area (Å²) in [6, 6.07) is 11.6. The number of aliphatic hydroxyl groups excluding tert-OH is 1. The minimum Gasteiger partial charge on any atom is -0.508 e. The molecule has 0 radical (unpaired) electrons. The van der Waals surface area contributed by atoms with Crippen molar-refractivity contribution in [3.8, 4) is 5.75 Å². The van der Waals surface area contributed by atoms with Crippen LogP contribution in [0, 0.1) is 45.3 Å². The van der Waals surface area contributed by atoms with E-state index in [4.69, 9.17) is 4.74 Å². The van der Waals surface area contributed by atoms with Gasteiger partial charge in [-0.2, -0.15) is 0 Å². The molecule has 5 heteroatoms. The molecule has 4 spiro atoms. The van der Waals surface area contributed by atoms with E-state index >= 15 is 0 Å². The van der Waals surface area contributed by atoms with E-state index in [0.29, 0.717) is 53.1 Å². The zero-order chi connectivity index (χ0) is 39.5. The van der Waals surface area contributed by atoms with Gasteiger partial charge in [0, 0.05) is 42.7 Å². The number of aromatic hydroxyl groups is 1. The van der Waals surface area contributed by atoms with Gasteiger partial charge >= 0.3 is 0 Å². The van der Waals surface area contributed by atoms with Gasteiger partial charge in [-0.3, -0.25) is 4.90 Å². The number of unbranched alkanes of at least 4 members (excludes halogenated alkanes) is 1. The average Bonchev–Trinajstić information content (AvgIpc) is 3.37. The number of nitrogens with zero attached hydrogens (tertiary/aromatic N) is 1. The van der Waals surface area contributed by atoms with Crippen LogP contribution in [0.2, 0.25) is 0 Å². The molecule has 12 atom stereocenters. The number of ether oxygens (including phenoxy) is 1. The van der Waals surface area contributed by atoms with Gasteiger partial charge in [0.1, 0.15) is 5.75 Å². The molecular weight excluding hydrogens is 703 g/mol. The van der Waals surface area contributed by atoms with Gasteiger partial charge in [0.05, 0.1) is 11.1 Å². The number of hydrogen-bond acceptors (Lipinski definition) is 5. The van der Waals surface area contributed by atoms with Crippen molar-refractivity contribution >= 4 is 10.8 Å². The lowest BCUT2D eigenvalue weighted by Gasteiger charge is -2.74.